The lowest BCUT2D eigenvalue weighted by Crippen LogP contribution is -2.27. The van der Waals surface area contributed by atoms with E-state index in [9.17, 15) is 0 Å². The van der Waals surface area contributed by atoms with Gasteiger partial charge in [0.05, 0.1) is 12.7 Å². The lowest BCUT2D eigenvalue weighted by Gasteiger charge is -2.39. The second-order valence-corrected chi connectivity index (χ2v) is 6.66. The van der Waals surface area contributed by atoms with Crippen LogP contribution in [0.15, 0.2) is 0 Å². The summed E-state index contributed by atoms with van der Waals surface area (Å²) in [5.41, 5.74) is 0.649. The van der Waals surface area contributed by atoms with Crippen LogP contribution in [0.25, 0.3) is 0 Å². The summed E-state index contributed by atoms with van der Waals surface area (Å²) in [4.78, 5) is 0. The first-order valence-electron chi connectivity index (χ1n) is 7.23. The Kier molecular flexibility index (Phi) is 3.94. The summed E-state index contributed by atoms with van der Waals surface area (Å²) in [6, 6.07) is 0. The fourth-order valence-electron chi connectivity index (χ4n) is 3.38. The van der Waals surface area contributed by atoms with E-state index in [0.29, 0.717) is 11.5 Å². The highest BCUT2D eigenvalue weighted by Gasteiger charge is 2.34. The second-order valence-electron chi connectivity index (χ2n) is 6.66. The number of hydrogen-bond acceptors (Lipinski definition) is 1. The molecule has 0 radical (unpaired) electrons. The molecule has 1 saturated heterocycles. The first-order valence-corrected chi connectivity index (χ1v) is 7.23. The lowest BCUT2D eigenvalue weighted by atomic mass is 9.67. The molecule has 94 valence electrons. The SMILES string of the molecule is CCC(C)CC1(C)CCC(CC2CO2)CC1. The first-order chi connectivity index (χ1) is 7.61. The standard InChI is InChI=1S/C15H28O/c1-4-12(2)10-15(3)7-5-13(6-8-15)9-14-11-16-14/h12-14H,4-11H2,1-3H3. The molecule has 2 atom stereocenters. The Hall–Kier alpha value is -0.0400. The van der Waals surface area contributed by atoms with E-state index >= 15 is 0 Å². The smallest absolute Gasteiger partial charge is 0.0812 e. The number of rotatable bonds is 5. The average molecular weight is 224 g/mol. The molecule has 2 rings (SSSR count). The van der Waals surface area contributed by atoms with E-state index in [4.69, 9.17) is 4.74 Å². The van der Waals surface area contributed by atoms with Crippen LogP contribution in [0.1, 0.15) is 65.7 Å². The van der Waals surface area contributed by atoms with Crippen LogP contribution in [-0.2, 0) is 4.74 Å². The van der Waals surface area contributed by atoms with E-state index in [2.05, 4.69) is 20.8 Å². The van der Waals surface area contributed by atoms with Crippen LogP contribution in [0, 0.1) is 17.3 Å². The van der Waals surface area contributed by atoms with Gasteiger partial charge in [0.15, 0.2) is 0 Å². The highest BCUT2D eigenvalue weighted by Crippen LogP contribution is 2.45. The third kappa shape index (κ3) is 3.48. The van der Waals surface area contributed by atoms with Crippen LogP contribution in [0.3, 0.4) is 0 Å². The van der Waals surface area contributed by atoms with Crippen LogP contribution in [0.5, 0.6) is 0 Å². The zero-order chi connectivity index (χ0) is 11.6. The molecule has 2 aliphatic rings. The van der Waals surface area contributed by atoms with Gasteiger partial charge in [-0.15, -0.1) is 0 Å². The lowest BCUT2D eigenvalue weighted by molar-refractivity contribution is 0.127. The van der Waals surface area contributed by atoms with Crippen molar-refractivity contribution < 1.29 is 4.74 Å². The van der Waals surface area contributed by atoms with Crippen molar-refractivity contribution in [3.8, 4) is 0 Å². The molecular formula is C15H28O. The van der Waals surface area contributed by atoms with Gasteiger partial charge in [0.25, 0.3) is 0 Å². The van der Waals surface area contributed by atoms with Crippen molar-refractivity contribution in [2.75, 3.05) is 6.61 Å². The molecule has 1 heteroatoms. The molecule has 0 aromatic carbocycles. The monoisotopic (exact) mass is 224 g/mol. The van der Waals surface area contributed by atoms with E-state index in [1.54, 1.807) is 0 Å². The van der Waals surface area contributed by atoms with Gasteiger partial charge in [-0.25, -0.2) is 0 Å². The largest absolute Gasteiger partial charge is 0.373 e. The number of epoxide rings is 1. The van der Waals surface area contributed by atoms with Gasteiger partial charge < -0.3 is 4.74 Å². The fraction of sp³-hybridized carbons (Fsp3) is 1.00. The van der Waals surface area contributed by atoms with Gasteiger partial charge in [-0.3, -0.25) is 0 Å². The van der Waals surface area contributed by atoms with Gasteiger partial charge >= 0.3 is 0 Å². The Morgan fingerprint density at radius 2 is 1.94 bits per heavy atom. The molecule has 1 aliphatic heterocycles. The molecule has 0 bridgehead atoms. The van der Waals surface area contributed by atoms with Crippen LogP contribution in [0.2, 0.25) is 0 Å². The molecule has 1 aliphatic carbocycles. The average Bonchev–Trinajstić information content (AvgIpc) is 3.05. The van der Waals surface area contributed by atoms with Crippen molar-refractivity contribution in [1.29, 1.82) is 0 Å². The minimum absolute atomic E-state index is 0.643. The van der Waals surface area contributed by atoms with Crippen molar-refractivity contribution in [1.82, 2.24) is 0 Å². The first kappa shape index (κ1) is 12.4. The van der Waals surface area contributed by atoms with Crippen molar-refractivity contribution >= 4 is 0 Å². The minimum Gasteiger partial charge on any atom is -0.373 e. The Labute approximate surface area is 101 Å². The van der Waals surface area contributed by atoms with Gasteiger partial charge in [0.1, 0.15) is 0 Å². The quantitative estimate of drug-likeness (QED) is 0.630. The van der Waals surface area contributed by atoms with Gasteiger partial charge in [-0.2, -0.15) is 0 Å². The molecule has 2 fully saturated rings. The molecule has 0 amide bonds. The van der Waals surface area contributed by atoms with Gasteiger partial charge in [-0.05, 0) is 55.8 Å². The summed E-state index contributed by atoms with van der Waals surface area (Å²) in [6.45, 7) is 8.29. The normalized spacial score (nSPS) is 40.7. The molecule has 0 N–H and O–H groups in total. The van der Waals surface area contributed by atoms with Crippen LogP contribution < -0.4 is 0 Å². The molecule has 1 saturated carbocycles. The fourth-order valence-corrected chi connectivity index (χ4v) is 3.38. The minimum atomic E-state index is 0.643. The second kappa shape index (κ2) is 5.08. The van der Waals surface area contributed by atoms with E-state index in [0.717, 1.165) is 18.4 Å². The summed E-state index contributed by atoms with van der Waals surface area (Å²) in [5, 5.41) is 0. The van der Waals surface area contributed by atoms with Crippen molar-refractivity contribution in [3.05, 3.63) is 0 Å². The summed E-state index contributed by atoms with van der Waals surface area (Å²) < 4.78 is 5.35. The molecule has 1 heterocycles. The molecule has 0 aromatic heterocycles. The summed E-state index contributed by atoms with van der Waals surface area (Å²) in [6.07, 6.45) is 10.6. The summed E-state index contributed by atoms with van der Waals surface area (Å²) in [7, 11) is 0. The predicted molar refractivity (Wildman–Crippen MR) is 68.5 cm³/mol. The maximum absolute atomic E-state index is 5.35. The van der Waals surface area contributed by atoms with Gasteiger partial charge in [0, 0.05) is 0 Å². The Balaban J connectivity index is 1.73. The number of hydrogen-bond donors (Lipinski definition) is 0. The highest BCUT2D eigenvalue weighted by molar-refractivity contribution is 4.85. The molecule has 16 heavy (non-hydrogen) atoms. The van der Waals surface area contributed by atoms with Gasteiger partial charge in [-0.1, -0.05) is 27.2 Å². The Morgan fingerprint density at radius 1 is 1.31 bits per heavy atom. The van der Waals surface area contributed by atoms with Crippen molar-refractivity contribution in [2.45, 2.75) is 71.8 Å². The third-order valence-corrected chi connectivity index (χ3v) is 4.85. The van der Waals surface area contributed by atoms with Crippen molar-refractivity contribution in [2.24, 2.45) is 17.3 Å². The topological polar surface area (TPSA) is 12.5 Å². The number of ether oxygens (including phenoxy) is 1. The van der Waals surface area contributed by atoms with Crippen molar-refractivity contribution in [3.63, 3.8) is 0 Å². The van der Waals surface area contributed by atoms with Crippen LogP contribution in [0.4, 0.5) is 0 Å². The Bertz CT molecular complexity index is 211. The van der Waals surface area contributed by atoms with E-state index in [1.165, 1.54) is 44.9 Å². The van der Waals surface area contributed by atoms with E-state index < -0.39 is 0 Å². The summed E-state index contributed by atoms with van der Waals surface area (Å²) in [5.74, 6) is 1.88. The predicted octanol–water partition coefficient (Wildman–Crippen LogP) is 4.41. The maximum atomic E-state index is 5.35. The molecule has 0 spiro atoms. The summed E-state index contributed by atoms with van der Waals surface area (Å²) >= 11 is 0. The highest BCUT2D eigenvalue weighted by atomic mass is 16.6. The Morgan fingerprint density at radius 3 is 2.44 bits per heavy atom. The zero-order valence-corrected chi connectivity index (χ0v) is 11.3. The van der Waals surface area contributed by atoms with E-state index in [1.807, 2.05) is 0 Å². The van der Waals surface area contributed by atoms with Gasteiger partial charge in [0.2, 0.25) is 0 Å². The van der Waals surface area contributed by atoms with Crippen LogP contribution >= 0.6 is 0 Å². The maximum Gasteiger partial charge on any atom is 0.0812 e. The zero-order valence-electron chi connectivity index (χ0n) is 11.3. The van der Waals surface area contributed by atoms with Crippen LogP contribution in [-0.4, -0.2) is 12.7 Å². The molecule has 0 aromatic rings. The third-order valence-electron chi connectivity index (χ3n) is 4.85. The molecule has 2 unspecified atom stereocenters. The molecule has 1 nitrogen and oxygen atoms in total. The van der Waals surface area contributed by atoms with E-state index in [-0.39, 0.29) is 0 Å². The molecular weight excluding hydrogens is 196 g/mol.